The molecule has 1 unspecified atom stereocenters. The van der Waals surface area contributed by atoms with Crippen LogP contribution in [0.15, 0.2) is 66.7 Å². The molecule has 4 rings (SSSR count). The van der Waals surface area contributed by atoms with Gasteiger partial charge in [-0.2, -0.15) is 5.26 Å². The van der Waals surface area contributed by atoms with Crippen LogP contribution in [0.4, 0.5) is 4.39 Å². The highest BCUT2D eigenvalue weighted by atomic mass is 127. The number of nitriles is 1. The van der Waals surface area contributed by atoms with Crippen molar-refractivity contribution in [3.05, 3.63) is 92.8 Å². The molecule has 3 aromatic rings. The molecule has 158 valence electrons. The molecule has 3 aromatic carbocycles. The maximum absolute atomic E-state index is 15.5. The molecular formula is C26H25FINOSi. The van der Waals surface area contributed by atoms with Crippen molar-refractivity contribution in [2.24, 2.45) is 0 Å². The molecule has 2 nitrogen and oxygen atoms in total. The van der Waals surface area contributed by atoms with Gasteiger partial charge in [0.05, 0.1) is 15.2 Å². The van der Waals surface area contributed by atoms with Crippen LogP contribution < -0.4 is 10.4 Å². The second kappa shape index (κ2) is 8.49. The van der Waals surface area contributed by atoms with Crippen molar-refractivity contribution in [1.29, 1.82) is 5.26 Å². The Bertz CT molecular complexity index is 1100. The molecule has 31 heavy (non-hydrogen) atoms. The first-order valence-corrected chi connectivity index (χ1v) is 13.5. The Morgan fingerprint density at radius 3 is 2.06 bits per heavy atom. The number of hydrogen-bond acceptors (Lipinski definition) is 2. The SMILES string of the molecule is CC(C)(C)[Si](OC1CCc2cc(C#N)c(I)c(F)c21)(c1ccccc1)c1ccccc1. The van der Waals surface area contributed by atoms with Gasteiger partial charge in [0.15, 0.2) is 0 Å². The third-order valence-electron chi connectivity index (χ3n) is 6.18. The molecule has 0 heterocycles. The minimum atomic E-state index is -2.78. The second-order valence-electron chi connectivity index (χ2n) is 9.05. The van der Waals surface area contributed by atoms with Gasteiger partial charge < -0.3 is 4.43 Å². The Morgan fingerprint density at radius 2 is 1.58 bits per heavy atom. The van der Waals surface area contributed by atoms with Crippen LogP contribution in [-0.2, 0) is 10.8 Å². The maximum atomic E-state index is 15.5. The fourth-order valence-electron chi connectivity index (χ4n) is 4.78. The predicted molar refractivity (Wildman–Crippen MR) is 134 cm³/mol. The van der Waals surface area contributed by atoms with Crippen molar-refractivity contribution in [2.75, 3.05) is 0 Å². The highest BCUT2D eigenvalue weighted by Gasteiger charge is 2.52. The van der Waals surface area contributed by atoms with Gasteiger partial charge >= 0.3 is 0 Å². The van der Waals surface area contributed by atoms with E-state index in [9.17, 15) is 5.26 Å². The van der Waals surface area contributed by atoms with E-state index in [4.69, 9.17) is 4.43 Å². The quantitative estimate of drug-likeness (QED) is 0.306. The molecule has 0 aromatic heterocycles. The van der Waals surface area contributed by atoms with Crippen molar-refractivity contribution in [2.45, 2.75) is 44.8 Å². The van der Waals surface area contributed by atoms with Crippen LogP contribution in [0.2, 0.25) is 5.04 Å². The lowest BCUT2D eigenvalue weighted by Crippen LogP contribution is -2.66. The Kier molecular flexibility index (Phi) is 6.08. The zero-order valence-corrected chi connectivity index (χ0v) is 21.1. The number of benzene rings is 3. The molecule has 0 fully saturated rings. The molecule has 0 bridgehead atoms. The van der Waals surface area contributed by atoms with E-state index in [1.807, 2.05) is 40.8 Å². The fraction of sp³-hybridized carbons (Fsp3) is 0.269. The summed E-state index contributed by atoms with van der Waals surface area (Å²) in [6.45, 7) is 6.69. The molecule has 0 saturated carbocycles. The Morgan fingerprint density at radius 1 is 1.03 bits per heavy atom. The average Bonchev–Trinajstić information content (AvgIpc) is 3.17. The molecule has 1 aliphatic carbocycles. The van der Waals surface area contributed by atoms with E-state index >= 15 is 4.39 Å². The van der Waals surface area contributed by atoms with E-state index in [1.165, 1.54) is 10.4 Å². The number of halogens is 2. The lowest BCUT2D eigenvalue weighted by atomic mass is 10.1. The van der Waals surface area contributed by atoms with Gasteiger partial charge in [-0.1, -0.05) is 81.4 Å². The van der Waals surface area contributed by atoms with Crippen molar-refractivity contribution in [3.8, 4) is 6.07 Å². The van der Waals surface area contributed by atoms with Crippen LogP contribution >= 0.6 is 22.6 Å². The molecule has 1 aliphatic rings. The predicted octanol–water partition coefficient (Wildman–Crippen LogP) is 5.87. The van der Waals surface area contributed by atoms with Gasteiger partial charge in [0.2, 0.25) is 0 Å². The lowest BCUT2D eigenvalue weighted by Gasteiger charge is -2.44. The molecular weight excluding hydrogens is 516 g/mol. The summed E-state index contributed by atoms with van der Waals surface area (Å²) >= 11 is 1.94. The van der Waals surface area contributed by atoms with E-state index in [0.29, 0.717) is 14.7 Å². The third-order valence-corrected chi connectivity index (χ3v) is 12.3. The topological polar surface area (TPSA) is 33.0 Å². The molecule has 5 heteroatoms. The number of rotatable bonds is 4. The van der Waals surface area contributed by atoms with E-state index in [-0.39, 0.29) is 17.0 Å². The highest BCUT2D eigenvalue weighted by Crippen LogP contribution is 2.45. The smallest absolute Gasteiger partial charge is 0.261 e. The lowest BCUT2D eigenvalue weighted by molar-refractivity contribution is 0.188. The molecule has 0 spiro atoms. The first-order valence-electron chi connectivity index (χ1n) is 10.5. The minimum absolute atomic E-state index is 0.172. The Balaban J connectivity index is 1.91. The van der Waals surface area contributed by atoms with Gasteiger partial charge in [0.1, 0.15) is 11.9 Å². The summed E-state index contributed by atoms with van der Waals surface area (Å²) in [5.74, 6) is -0.296. The van der Waals surface area contributed by atoms with Crippen LogP contribution in [0.1, 0.15) is 50.0 Å². The zero-order chi connectivity index (χ0) is 22.2. The highest BCUT2D eigenvalue weighted by molar-refractivity contribution is 14.1. The first kappa shape index (κ1) is 22.2. The molecule has 1 atom stereocenters. The summed E-state index contributed by atoms with van der Waals surface area (Å²) in [4.78, 5) is 0. The van der Waals surface area contributed by atoms with Gasteiger partial charge in [-0.25, -0.2) is 4.39 Å². The van der Waals surface area contributed by atoms with Crippen molar-refractivity contribution < 1.29 is 8.82 Å². The first-order chi connectivity index (χ1) is 14.8. The van der Waals surface area contributed by atoms with Crippen molar-refractivity contribution >= 4 is 41.3 Å². The van der Waals surface area contributed by atoms with Gasteiger partial charge in [-0.05, 0) is 62.5 Å². The summed E-state index contributed by atoms with van der Waals surface area (Å²) < 4.78 is 23.0. The van der Waals surface area contributed by atoms with Crippen LogP contribution in [0, 0.1) is 20.7 Å². The molecule has 0 amide bonds. The summed E-state index contributed by atoms with van der Waals surface area (Å²) in [5.41, 5.74) is 1.94. The molecule has 0 radical (unpaired) electrons. The zero-order valence-electron chi connectivity index (χ0n) is 18.0. The number of hydrogen-bond donors (Lipinski definition) is 0. The summed E-state index contributed by atoms with van der Waals surface area (Å²) in [5, 5.41) is 11.6. The second-order valence-corrected chi connectivity index (χ2v) is 14.4. The van der Waals surface area contributed by atoms with E-state index in [1.54, 1.807) is 0 Å². The van der Waals surface area contributed by atoms with Crippen molar-refractivity contribution in [3.63, 3.8) is 0 Å². The molecule has 0 aliphatic heterocycles. The Hall–Kier alpha value is -2.01. The number of fused-ring (bicyclic) bond motifs is 1. The minimum Gasteiger partial charge on any atom is -0.400 e. The third kappa shape index (κ3) is 3.75. The standard InChI is InChI=1S/C26H25FINOSi/c1-26(2,3)31(20-10-6-4-7-11-20,21-12-8-5-9-13-21)30-22-15-14-18-16-19(17-29)25(28)24(27)23(18)22/h4-13,16,22H,14-15H2,1-3H3. The van der Waals surface area contributed by atoms with Gasteiger partial charge in [-0.15, -0.1) is 0 Å². The summed E-state index contributed by atoms with van der Waals surface area (Å²) in [6, 6.07) is 24.8. The van der Waals surface area contributed by atoms with Crippen LogP contribution in [0.5, 0.6) is 0 Å². The maximum Gasteiger partial charge on any atom is 0.261 e. The van der Waals surface area contributed by atoms with E-state index < -0.39 is 8.32 Å². The van der Waals surface area contributed by atoms with E-state index in [0.717, 1.165) is 18.4 Å². The monoisotopic (exact) mass is 541 g/mol. The van der Waals surface area contributed by atoms with Crippen molar-refractivity contribution in [1.82, 2.24) is 0 Å². The molecule has 0 N–H and O–H groups in total. The number of aryl methyl sites for hydroxylation is 1. The summed E-state index contributed by atoms with van der Waals surface area (Å²) in [7, 11) is -2.78. The van der Waals surface area contributed by atoms with Crippen LogP contribution in [0.25, 0.3) is 0 Å². The summed E-state index contributed by atoms with van der Waals surface area (Å²) in [6.07, 6.45) is 1.12. The van der Waals surface area contributed by atoms with Crippen LogP contribution in [0.3, 0.4) is 0 Å². The van der Waals surface area contributed by atoms with E-state index in [2.05, 4.69) is 75.4 Å². The van der Waals surface area contributed by atoms with Gasteiger partial charge in [-0.3, -0.25) is 0 Å². The largest absolute Gasteiger partial charge is 0.400 e. The fourth-order valence-corrected chi connectivity index (χ4v) is 10.0. The Labute approximate surface area is 198 Å². The average molecular weight is 541 g/mol. The van der Waals surface area contributed by atoms with Gasteiger partial charge in [0, 0.05) is 5.56 Å². The van der Waals surface area contributed by atoms with Gasteiger partial charge in [0.25, 0.3) is 8.32 Å². The molecule has 0 saturated heterocycles. The number of nitrogens with zero attached hydrogens (tertiary/aromatic N) is 1. The van der Waals surface area contributed by atoms with Crippen LogP contribution in [-0.4, -0.2) is 8.32 Å². The normalized spacial score (nSPS) is 16.1.